The molecule has 1 aromatic carbocycles. The van der Waals surface area contributed by atoms with Crippen LogP contribution >= 0.6 is 11.3 Å². The van der Waals surface area contributed by atoms with Crippen molar-refractivity contribution in [3.8, 4) is 12.1 Å². The number of allylic oxidation sites excluding steroid dienone is 1. The van der Waals surface area contributed by atoms with Gasteiger partial charge in [-0.1, -0.05) is 0 Å². The fraction of sp³-hybridized carbons (Fsp3) is 0.484. The highest BCUT2D eigenvalue weighted by atomic mass is 32.1. The normalized spacial score (nSPS) is 11.2. The van der Waals surface area contributed by atoms with Crippen molar-refractivity contribution in [3.05, 3.63) is 51.9 Å². The van der Waals surface area contributed by atoms with Crippen molar-refractivity contribution in [2.75, 3.05) is 70.9 Å². The first-order valence-electron chi connectivity index (χ1n) is 14.1. The summed E-state index contributed by atoms with van der Waals surface area (Å²) in [6.07, 6.45) is 2.62. The quantitative estimate of drug-likeness (QED) is 0.0601. The average molecular weight is 626 g/mol. The van der Waals surface area contributed by atoms with Gasteiger partial charge in [0.1, 0.15) is 29.9 Å². The van der Waals surface area contributed by atoms with Crippen LogP contribution in [-0.4, -0.2) is 84.3 Å². The van der Waals surface area contributed by atoms with Crippen molar-refractivity contribution in [2.24, 2.45) is 10.2 Å². The largest absolute Gasteiger partial charge is 0.460 e. The zero-order valence-electron chi connectivity index (χ0n) is 25.6. The molecule has 0 saturated heterocycles. The Labute approximate surface area is 262 Å². The van der Waals surface area contributed by atoms with Crippen molar-refractivity contribution in [1.29, 1.82) is 10.5 Å². The summed E-state index contributed by atoms with van der Waals surface area (Å²) < 4.78 is 26.9. The molecule has 0 aliphatic heterocycles. The number of nitrogens with zero attached hydrogens (tertiary/aromatic N) is 5. The molecule has 2 aromatic rings. The Morgan fingerprint density at radius 3 is 2.09 bits per heavy atom. The summed E-state index contributed by atoms with van der Waals surface area (Å²) in [4.78, 5) is 24.0. The molecule has 0 spiro atoms. The van der Waals surface area contributed by atoms with E-state index in [1.54, 1.807) is 6.92 Å². The zero-order chi connectivity index (χ0) is 32.2. The van der Waals surface area contributed by atoms with Gasteiger partial charge in [0.2, 0.25) is 0 Å². The summed E-state index contributed by atoms with van der Waals surface area (Å²) in [6, 6.07) is 10.4. The predicted octanol–water partition coefficient (Wildman–Crippen LogP) is 5.10. The van der Waals surface area contributed by atoms with Crippen LogP contribution in [-0.2, 0) is 33.3 Å². The lowest BCUT2D eigenvalue weighted by Crippen LogP contribution is -2.34. The van der Waals surface area contributed by atoms with Crippen LogP contribution in [0.1, 0.15) is 35.4 Å². The van der Waals surface area contributed by atoms with Crippen LogP contribution in [0, 0.1) is 36.5 Å². The molecular weight excluding hydrogens is 586 g/mol. The molecule has 0 N–H and O–H groups in total. The number of rotatable bonds is 21. The first-order valence-corrected chi connectivity index (χ1v) is 15.0. The summed E-state index contributed by atoms with van der Waals surface area (Å²) in [5, 5.41) is 27.7. The van der Waals surface area contributed by atoms with Gasteiger partial charge in [-0.2, -0.15) is 10.5 Å². The number of carbonyl (C=O) groups excluding carboxylic acids is 2. The summed E-state index contributed by atoms with van der Waals surface area (Å²) in [5.74, 6) is -0.587. The standard InChI is InChI=1S/C31H39N5O7S/c1-23(2)36(9-11-39-12-13-40-14-15-41-16-17-42-18-19-43-30(38)6-5-10-37)26-7-8-28(24(3)20-26)34-35-31-27(21-32)25(4)29(22-33)44-31/h5-8,10,20,23H,9,11-19H2,1-4H3/b6-5-,35-34?. The topological polar surface area (TPSA) is 156 Å². The van der Waals surface area contributed by atoms with Gasteiger partial charge >= 0.3 is 5.97 Å². The van der Waals surface area contributed by atoms with E-state index in [1.165, 1.54) is 11.3 Å². The van der Waals surface area contributed by atoms with Crippen LogP contribution in [0.3, 0.4) is 0 Å². The Hall–Kier alpha value is -3.98. The fourth-order valence-corrected chi connectivity index (χ4v) is 4.69. The van der Waals surface area contributed by atoms with E-state index < -0.39 is 5.97 Å². The maximum Gasteiger partial charge on any atom is 0.330 e. The average Bonchev–Trinajstić information content (AvgIpc) is 3.32. The van der Waals surface area contributed by atoms with Crippen molar-refractivity contribution in [2.45, 2.75) is 33.7 Å². The van der Waals surface area contributed by atoms with Crippen LogP contribution in [0.25, 0.3) is 0 Å². The lowest BCUT2D eigenvalue weighted by molar-refractivity contribution is -0.139. The SMILES string of the molecule is Cc1cc(N(CCOCCOCCOCCOCCOC(=O)/C=C\C=O)C(C)C)ccc1N=Nc1sc(C#N)c(C)c1C#N. The van der Waals surface area contributed by atoms with Crippen molar-refractivity contribution in [1.82, 2.24) is 0 Å². The fourth-order valence-electron chi connectivity index (χ4n) is 3.81. The van der Waals surface area contributed by atoms with Gasteiger partial charge in [-0.05, 0) is 63.1 Å². The van der Waals surface area contributed by atoms with Gasteiger partial charge in [0.05, 0.1) is 64.1 Å². The molecule has 0 saturated carbocycles. The Kier molecular flexibility index (Phi) is 17.2. The molecule has 44 heavy (non-hydrogen) atoms. The second-order valence-electron chi connectivity index (χ2n) is 9.53. The number of ether oxygens (including phenoxy) is 5. The number of hydrogen-bond donors (Lipinski definition) is 0. The van der Waals surface area contributed by atoms with Gasteiger partial charge < -0.3 is 28.6 Å². The number of hydrogen-bond acceptors (Lipinski definition) is 13. The Balaban J connectivity index is 1.63. The minimum atomic E-state index is -0.587. The third-order valence-corrected chi connectivity index (χ3v) is 7.18. The molecule has 0 amide bonds. The Morgan fingerprint density at radius 1 is 0.932 bits per heavy atom. The highest BCUT2D eigenvalue weighted by Crippen LogP contribution is 2.36. The summed E-state index contributed by atoms with van der Waals surface area (Å²) in [5.41, 5.74) is 3.70. The molecule has 0 aliphatic carbocycles. The molecule has 0 radical (unpaired) electrons. The molecule has 0 atom stereocenters. The zero-order valence-corrected chi connectivity index (χ0v) is 26.4. The van der Waals surface area contributed by atoms with E-state index in [1.807, 2.05) is 19.1 Å². The van der Waals surface area contributed by atoms with E-state index in [0.717, 1.165) is 23.4 Å². The summed E-state index contributed by atoms with van der Waals surface area (Å²) in [6.45, 7) is 12.1. The van der Waals surface area contributed by atoms with E-state index in [0.29, 0.717) is 85.8 Å². The van der Waals surface area contributed by atoms with Gasteiger partial charge in [-0.15, -0.1) is 21.6 Å². The third kappa shape index (κ3) is 12.7. The molecule has 13 heteroatoms. The van der Waals surface area contributed by atoms with Crippen LogP contribution in [0.15, 0.2) is 40.6 Å². The van der Waals surface area contributed by atoms with Gasteiger partial charge in [0.25, 0.3) is 0 Å². The van der Waals surface area contributed by atoms with Gasteiger partial charge in [0.15, 0.2) is 5.00 Å². The molecule has 12 nitrogen and oxygen atoms in total. The van der Waals surface area contributed by atoms with E-state index >= 15 is 0 Å². The number of esters is 1. The number of thiophene rings is 1. The molecular formula is C31H39N5O7S. The smallest absolute Gasteiger partial charge is 0.330 e. The maximum atomic E-state index is 11.1. The summed E-state index contributed by atoms with van der Waals surface area (Å²) >= 11 is 1.17. The first-order chi connectivity index (χ1) is 21.3. The Morgan fingerprint density at radius 2 is 1.55 bits per heavy atom. The van der Waals surface area contributed by atoms with E-state index in [-0.39, 0.29) is 19.3 Å². The molecule has 0 fully saturated rings. The minimum absolute atomic E-state index is 0.104. The molecule has 236 valence electrons. The second-order valence-corrected chi connectivity index (χ2v) is 10.5. The van der Waals surface area contributed by atoms with Crippen molar-refractivity contribution < 1.29 is 33.3 Å². The van der Waals surface area contributed by atoms with Gasteiger partial charge in [0, 0.05) is 24.4 Å². The molecule has 1 aromatic heterocycles. The number of aryl methyl sites for hydroxylation is 1. The van der Waals surface area contributed by atoms with Gasteiger partial charge in [-0.3, -0.25) is 4.79 Å². The maximum absolute atomic E-state index is 11.1. The van der Waals surface area contributed by atoms with Gasteiger partial charge in [-0.25, -0.2) is 4.79 Å². The number of carbonyl (C=O) groups is 2. The lowest BCUT2D eigenvalue weighted by atomic mass is 10.1. The van der Waals surface area contributed by atoms with Crippen LogP contribution in [0.4, 0.5) is 16.4 Å². The molecule has 2 rings (SSSR count). The number of azo groups is 1. The Bertz CT molecular complexity index is 1340. The third-order valence-electron chi connectivity index (χ3n) is 6.10. The molecule has 1 heterocycles. The minimum Gasteiger partial charge on any atom is -0.460 e. The van der Waals surface area contributed by atoms with Crippen LogP contribution in [0.5, 0.6) is 0 Å². The highest BCUT2D eigenvalue weighted by Gasteiger charge is 2.15. The number of benzene rings is 1. The van der Waals surface area contributed by atoms with E-state index in [4.69, 9.17) is 23.7 Å². The monoisotopic (exact) mass is 625 g/mol. The van der Waals surface area contributed by atoms with E-state index in [9.17, 15) is 20.1 Å². The molecule has 0 aliphatic rings. The van der Waals surface area contributed by atoms with Crippen molar-refractivity contribution in [3.63, 3.8) is 0 Å². The number of aldehydes is 1. The van der Waals surface area contributed by atoms with Crippen LogP contribution < -0.4 is 4.90 Å². The molecule has 0 unspecified atom stereocenters. The number of nitriles is 2. The molecule has 0 bridgehead atoms. The number of anilines is 1. The first kappa shape index (κ1) is 36.2. The second kappa shape index (κ2) is 20.8. The van der Waals surface area contributed by atoms with Crippen LogP contribution in [0.2, 0.25) is 0 Å². The van der Waals surface area contributed by atoms with Crippen molar-refractivity contribution >= 4 is 40.0 Å². The van der Waals surface area contributed by atoms with E-state index in [2.05, 4.69) is 47.2 Å². The predicted molar refractivity (Wildman–Crippen MR) is 166 cm³/mol. The lowest BCUT2D eigenvalue weighted by Gasteiger charge is -2.29. The highest BCUT2D eigenvalue weighted by molar-refractivity contribution is 7.16. The summed E-state index contributed by atoms with van der Waals surface area (Å²) in [7, 11) is 0.